The Bertz CT molecular complexity index is 743. The van der Waals surface area contributed by atoms with Gasteiger partial charge in [0.15, 0.2) is 5.76 Å². The largest absolute Gasteiger partial charge is 0.459 e. The third-order valence-corrected chi connectivity index (χ3v) is 5.69. The Kier molecular flexibility index (Phi) is 3.16. The molecule has 0 N–H and O–H groups in total. The number of carbonyl (C=O) groups is 1. The molecule has 3 aromatic heterocycles. The van der Waals surface area contributed by atoms with Crippen LogP contribution in [-0.2, 0) is 6.42 Å². The molecule has 4 rings (SSSR count). The molecule has 0 radical (unpaired) electrons. The molecule has 5 heteroatoms. The van der Waals surface area contributed by atoms with Gasteiger partial charge in [0.25, 0.3) is 5.91 Å². The molecule has 1 atom stereocenters. The summed E-state index contributed by atoms with van der Waals surface area (Å²) < 4.78 is 5.30. The molecule has 3 aromatic rings. The lowest BCUT2D eigenvalue weighted by molar-refractivity contribution is 0.0666. The summed E-state index contributed by atoms with van der Waals surface area (Å²) in [6, 6.07) is 9.79. The van der Waals surface area contributed by atoms with Gasteiger partial charge in [0.05, 0.1) is 12.3 Å². The Morgan fingerprint density at radius 1 is 1.19 bits per heavy atom. The molecule has 1 aliphatic heterocycles. The van der Waals surface area contributed by atoms with Crippen LogP contribution in [0.3, 0.4) is 0 Å². The monoisotopic (exact) mass is 315 g/mol. The quantitative estimate of drug-likeness (QED) is 0.710. The maximum atomic E-state index is 12.7. The molecule has 0 spiro atoms. The van der Waals surface area contributed by atoms with Gasteiger partial charge in [-0.1, -0.05) is 6.07 Å². The van der Waals surface area contributed by atoms with Crippen molar-refractivity contribution in [3.8, 4) is 0 Å². The summed E-state index contributed by atoms with van der Waals surface area (Å²) in [4.78, 5) is 17.3. The van der Waals surface area contributed by atoms with Crippen molar-refractivity contribution in [2.24, 2.45) is 0 Å². The number of thiophene rings is 2. The van der Waals surface area contributed by atoms with Crippen molar-refractivity contribution in [1.29, 1.82) is 0 Å². The molecule has 1 unspecified atom stereocenters. The van der Waals surface area contributed by atoms with E-state index in [0.717, 1.165) is 13.0 Å². The topological polar surface area (TPSA) is 33.5 Å². The lowest BCUT2D eigenvalue weighted by Crippen LogP contribution is -2.39. The first-order valence-electron chi connectivity index (χ1n) is 6.79. The Morgan fingerprint density at radius 2 is 2.14 bits per heavy atom. The summed E-state index contributed by atoms with van der Waals surface area (Å²) in [5.74, 6) is 0.380. The van der Waals surface area contributed by atoms with E-state index in [0.29, 0.717) is 5.76 Å². The average Bonchev–Trinajstić information content (AvgIpc) is 3.25. The van der Waals surface area contributed by atoms with Crippen molar-refractivity contribution >= 4 is 28.6 Å². The van der Waals surface area contributed by atoms with Gasteiger partial charge in [-0.3, -0.25) is 4.79 Å². The minimum Gasteiger partial charge on any atom is -0.459 e. The van der Waals surface area contributed by atoms with Crippen molar-refractivity contribution in [3.05, 3.63) is 68.4 Å². The molecule has 0 saturated heterocycles. The second-order valence-electron chi connectivity index (χ2n) is 4.94. The molecule has 0 fully saturated rings. The van der Waals surface area contributed by atoms with E-state index < -0.39 is 0 Å². The smallest absolute Gasteiger partial charge is 0.290 e. The minimum absolute atomic E-state index is 0.0117. The van der Waals surface area contributed by atoms with Crippen LogP contribution in [0.1, 0.15) is 31.9 Å². The molecule has 4 heterocycles. The number of rotatable bonds is 2. The molecule has 0 saturated carbocycles. The van der Waals surface area contributed by atoms with Crippen LogP contribution in [0.25, 0.3) is 0 Å². The van der Waals surface area contributed by atoms with Gasteiger partial charge in [-0.25, -0.2) is 0 Å². The zero-order chi connectivity index (χ0) is 14.2. The van der Waals surface area contributed by atoms with E-state index in [1.54, 1.807) is 41.1 Å². The summed E-state index contributed by atoms with van der Waals surface area (Å²) in [6.07, 6.45) is 2.47. The summed E-state index contributed by atoms with van der Waals surface area (Å²) in [6.45, 7) is 0.732. The van der Waals surface area contributed by atoms with Crippen molar-refractivity contribution in [2.45, 2.75) is 12.5 Å². The SMILES string of the molecule is O=C(c1ccco1)N1CCc2sccc2C1c1cccs1. The van der Waals surface area contributed by atoms with Crippen LogP contribution >= 0.6 is 22.7 Å². The van der Waals surface area contributed by atoms with Gasteiger partial charge in [0.1, 0.15) is 0 Å². The molecule has 106 valence electrons. The van der Waals surface area contributed by atoms with Crippen molar-refractivity contribution < 1.29 is 9.21 Å². The third kappa shape index (κ3) is 2.13. The number of furan rings is 1. The van der Waals surface area contributed by atoms with E-state index >= 15 is 0 Å². The predicted molar refractivity (Wildman–Crippen MR) is 83.9 cm³/mol. The van der Waals surface area contributed by atoms with E-state index in [1.807, 2.05) is 11.0 Å². The maximum absolute atomic E-state index is 12.7. The van der Waals surface area contributed by atoms with Crippen LogP contribution in [0.4, 0.5) is 0 Å². The van der Waals surface area contributed by atoms with Gasteiger partial charge >= 0.3 is 0 Å². The molecule has 3 nitrogen and oxygen atoms in total. The number of carbonyl (C=O) groups excluding carboxylic acids is 1. The highest BCUT2D eigenvalue weighted by Crippen LogP contribution is 2.40. The first-order chi connectivity index (χ1) is 10.3. The Labute approximate surface area is 130 Å². The van der Waals surface area contributed by atoms with E-state index in [4.69, 9.17) is 4.42 Å². The lowest BCUT2D eigenvalue weighted by atomic mass is 9.98. The fourth-order valence-corrected chi connectivity index (χ4v) is 4.59. The molecule has 21 heavy (non-hydrogen) atoms. The second-order valence-corrected chi connectivity index (χ2v) is 6.92. The zero-order valence-electron chi connectivity index (χ0n) is 11.2. The van der Waals surface area contributed by atoms with E-state index in [2.05, 4.69) is 22.9 Å². The van der Waals surface area contributed by atoms with E-state index in [-0.39, 0.29) is 11.9 Å². The highest BCUT2D eigenvalue weighted by molar-refractivity contribution is 7.10. The number of hydrogen-bond acceptors (Lipinski definition) is 4. The van der Waals surface area contributed by atoms with Crippen molar-refractivity contribution in [3.63, 3.8) is 0 Å². The number of hydrogen-bond donors (Lipinski definition) is 0. The highest BCUT2D eigenvalue weighted by Gasteiger charge is 2.34. The van der Waals surface area contributed by atoms with Crippen LogP contribution in [0, 0.1) is 0 Å². The predicted octanol–water partition coefficient (Wildman–Crippen LogP) is 4.19. The van der Waals surface area contributed by atoms with Crippen LogP contribution in [-0.4, -0.2) is 17.4 Å². The maximum Gasteiger partial charge on any atom is 0.290 e. The Morgan fingerprint density at radius 3 is 2.90 bits per heavy atom. The molecule has 0 aromatic carbocycles. The van der Waals surface area contributed by atoms with Crippen molar-refractivity contribution in [1.82, 2.24) is 4.90 Å². The molecule has 1 aliphatic rings. The minimum atomic E-state index is -0.0322. The first-order valence-corrected chi connectivity index (χ1v) is 8.54. The molecular formula is C16H13NO2S2. The fraction of sp³-hybridized carbons (Fsp3) is 0.188. The number of fused-ring (bicyclic) bond motifs is 1. The highest BCUT2D eigenvalue weighted by atomic mass is 32.1. The van der Waals surface area contributed by atoms with Crippen LogP contribution in [0.15, 0.2) is 51.8 Å². The fourth-order valence-electron chi connectivity index (χ4n) is 2.83. The van der Waals surface area contributed by atoms with Gasteiger partial charge in [-0.05, 0) is 47.0 Å². The summed E-state index contributed by atoms with van der Waals surface area (Å²) in [5, 5.41) is 4.18. The normalized spacial score (nSPS) is 17.7. The number of amides is 1. The third-order valence-electron chi connectivity index (χ3n) is 3.77. The van der Waals surface area contributed by atoms with Gasteiger partial charge in [-0.15, -0.1) is 22.7 Å². The van der Waals surface area contributed by atoms with Crippen molar-refractivity contribution in [2.75, 3.05) is 6.54 Å². The molecule has 1 amide bonds. The summed E-state index contributed by atoms with van der Waals surface area (Å²) in [5.41, 5.74) is 1.26. The van der Waals surface area contributed by atoms with Gasteiger partial charge < -0.3 is 9.32 Å². The zero-order valence-corrected chi connectivity index (χ0v) is 12.8. The second kappa shape index (κ2) is 5.16. The Balaban J connectivity index is 1.78. The van der Waals surface area contributed by atoms with E-state index in [9.17, 15) is 4.79 Å². The van der Waals surface area contributed by atoms with Gasteiger partial charge in [0.2, 0.25) is 0 Å². The van der Waals surface area contributed by atoms with Crippen LogP contribution in [0.5, 0.6) is 0 Å². The lowest BCUT2D eigenvalue weighted by Gasteiger charge is -2.34. The number of nitrogens with zero attached hydrogens (tertiary/aromatic N) is 1. The average molecular weight is 315 g/mol. The van der Waals surface area contributed by atoms with Gasteiger partial charge in [0, 0.05) is 16.3 Å². The van der Waals surface area contributed by atoms with Gasteiger partial charge in [-0.2, -0.15) is 0 Å². The van der Waals surface area contributed by atoms with E-state index in [1.165, 1.54) is 15.3 Å². The first kappa shape index (κ1) is 12.9. The summed E-state index contributed by atoms with van der Waals surface area (Å²) >= 11 is 3.48. The Hall–Kier alpha value is -1.85. The summed E-state index contributed by atoms with van der Waals surface area (Å²) in [7, 11) is 0. The molecule has 0 bridgehead atoms. The standard InChI is InChI=1S/C16H13NO2S2/c18-16(12-3-1-8-19-12)17-7-5-13-11(6-10-21-13)15(17)14-4-2-9-20-14/h1-4,6,8-10,15H,5,7H2. The van der Waals surface area contributed by atoms with Crippen LogP contribution in [0.2, 0.25) is 0 Å². The molecule has 0 aliphatic carbocycles. The molecular weight excluding hydrogens is 302 g/mol. The van der Waals surface area contributed by atoms with Crippen LogP contribution < -0.4 is 0 Å².